The van der Waals surface area contributed by atoms with Gasteiger partial charge in [-0.1, -0.05) is 37.2 Å². The molecule has 0 spiro atoms. The van der Waals surface area contributed by atoms with Gasteiger partial charge in [-0.15, -0.1) is 11.3 Å². The second kappa shape index (κ2) is 8.82. The van der Waals surface area contributed by atoms with Crippen molar-refractivity contribution in [3.05, 3.63) is 24.3 Å². The van der Waals surface area contributed by atoms with Crippen LogP contribution < -0.4 is 10.6 Å². The Bertz CT molecular complexity index is 820. The van der Waals surface area contributed by atoms with E-state index in [-0.39, 0.29) is 23.9 Å². The molecule has 1 aliphatic heterocycles. The fourth-order valence-corrected chi connectivity index (χ4v) is 6.59. The maximum Gasteiger partial charge on any atom is 0.230 e. The van der Waals surface area contributed by atoms with E-state index in [9.17, 15) is 9.59 Å². The highest BCUT2D eigenvalue weighted by Crippen LogP contribution is 2.37. The summed E-state index contributed by atoms with van der Waals surface area (Å²) >= 11 is 3.13. The average molecular weight is 418 g/mol. The zero-order valence-electron chi connectivity index (χ0n) is 16.1. The molecule has 1 saturated heterocycles. The van der Waals surface area contributed by atoms with Crippen LogP contribution in [-0.2, 0) is 9.59 Å². The first-order chi connectivity index (χ1) is 13.6. The van der Waals surface area contributed by atoms with Crippen molar-refractivity contribution >= 4 is 45.1 Å². The standard InChI is InChI=1S/C21H27N3O2S2/c1-2-5-13-10-19(25)23-17-11-14(8-9-15(13)17)22-20(26)12-27-21-24-16-6-3-4-7-18(16)28-21/h3-4,6-7,13-15,17H,2,5,8-12H2,1H3,(H,22,26)(H,23,25). The molecule has 2 amide bonds. The number of amides is 2. The molecule has 1 aromatic heterocycles. The van der Waals surface area contributed by atoms with Gasteiger partial charge in [-0.2, -0.15) is 0 Å². The number of hydrogen-bond acceptors (Lipinski definition) is 5. The average Bonchev–Trinajstić information content (AvgIpc) is 3.09. The van der Waals surface area contributed by atoms with E-state index < -0.39 is 0 Å². The van der Waals surface area contributed by atoms with Crippen LogP contribution in [0.5, 0.6) is 0 Å². The normalized spacial score (nSPS) is 27.2. The van der Waals surface area contributed by atoms with E-state index in [0.717, 1.165) is 46.7 Å². The van der Waals surface area contributed by atoms with E-state index in [2.05, 4.69) is 28.6 Å². The van der Waals surface area contributed by atoms with Crippen molar-refractivity contribution in [3.8, 4) is 0 Å². The number of fused-ring (bicyclic) bond motifs is 2. The van der Waals surface area contributed by atoms with Crippen LogP contribution in [0.4, 0.5) is 0 Å². The molecule has 0 radical (unpaired) electrons. The Morgan fingerprint density at radius 2 is 2.21 bits per heavy atom. The number of aromatic nitrogens is 1. The monoisotopic (exact) mass is 417 g/mol. The van der Waals surface area contributed by atoms with Crippen LogP contribution in [0.2, 0.25) is 0 Å². The molecule has 150 valence electrons. The lowest BCUT2D eigenvalue weighted by atomic mass is 9.70. The molecule has 2 fully saturated rings. The lowest BCUT2D eigenvalue weighted by Crippen LogP contribution is -2.55. The third kappa shape index (κ3) is 4.51. The van der Waals surface area contributed by atoms with Gasteiger partial charge in [0.1, 0.15) is 0 Å². The van der Waals surface area contributed by atoms with Gasteiger partial charge in [-0.25, -0.2) is 4.98 Å². The van der Waals surface area contributed by atoms with E-state index >= 15 is 0 Å². The number of para-hydroxylation sites is 1. The van der Waals surface area contributed by atoms with Crippen LogP contribution in [0.15, 0.2) is 28.6 Å². The Morgan fingerprint density at radius 1 is 1.36 bits per heavy atom. The highest BCUT2D eigenvalue weighted by Gasteiger charge is 2.40. The number of rotatable bonds is 6. The Morgan fingerprint density at radius 3 is 3.04 bits per heavy atom. The molecule has 5 nitrogen and oxygen atoms in total. The van der Waals surface area contributed by atoms with Crippen molar-refractivity contribution in [1.82, 2.24) is 15.6 Å². The summed E-state index contributed by atoms with van der Waals surface area (Å²) in [4.78, 5) is 29.1. The van der Waals surface area contributed by atoms with Crippen LogP contribution in [0, 0.1) is 11.8 Å². The Labute approximate surface area is 174 Å². The van der Waals surface area contributed by atoms with Gasteiger partial charge in [0.15, 0.2) is 4.34 Å². The van der Waals surface area contributed by atoms with Crippen molar-refractivity contribution in [2.45, 2.75) is 61.9 Å². The summed E-state index contributed by atoms with van der Waals surface area (Å²) in [6.07, 6.45) is 5.88. The highest BCUT2D eigenvalue weighted by molar-refractivity contribution is 8.01. The molecule has 2 aromatic rings. The number of benzene rings is 1. The quantitative estimate of drug-likeness (QED) is 0.698. The van der Waals surface area contributed by atoms with E-state index in [1.165, 1.54) is 11.8 Å². The second-order valence-electron chi connectivity index (χ2n) is 7.90. The third-order valence-electron chi connectivity index (χ3n) is 5.93. The summed E-state index contributed by atoms with van der Waals surface area (Å²) in [6.45, 7) is 2.19. The zero-order valence-corrected chi connectivity index (χ0v) is 17.8. The van der Waals surface area contributed by atoms with E-state index in [1.54, 1.807) is 11.3 Å². The molecule has 1 saturated carbocycles. The molecular formula is C21H27N3O2S2. The molecule has 0 bridgehead atoms. The Hall–Kier alpha value is -1.60. The first kappa shape index (κ1) is 19.7. The number of carbonyl (C=O) groups is 2. The molecule has 28 heavy (non-hydrogen) atoms. The van der Waals surface area contributed by atoms with Gasteiger partial charge in [0.2, 0.25) is 11.8 Å². The largest absolute Gasteiger partial charge is 0.353 e. The number of nitrogens with one attached hydrogen (secondary N) is 2. The van der Waals surface area contributed by atoms with E-state index in [1.807, 2.05) is 18.2 Å². The van der Waals surface area contributed by atoms with Gasteiger partial charge >= 0.3 is 0 Å². The molecule has 2 heterocycles. The predicted octanol–water partition coefficient (Wildman–Crippen LogP) is 3.98. The maximum absolute atomic E-state index is 12.4. The molecule has 2 aliphatic rings. The lowest BCUT2D eigenvalue weighted by Gasteiger charge is -2.44. The predicted molar refractivity (Wildman–Crippen MR) is 115 cm³/mol. The molecule has 7 heteroatoms. The summed E-state index contributed by atoms with van der Waals surface area (Å²) in [6, 6.07) is 8.42. The summed E-state index contributed by atoms with van der Waals surface area (Å²) < 4.78 is 2.08. The summed E-state index contributed by atoms with van der Waals surface area (Å²) in [5.41, 5.74) is 0.989. The number of carbonyl (C=O) groups excluding carboxylic acids is 2. The second-order valence-corrected chi connectivity index (χ2v) is 10.2. The summed E-state index contributed by atoms with van der Waals surface area (Å²) in [5.74, 6) is 1.70. The van der Waals surface area contributed by atoms with Crippen molar-refractivity contribution in [2.75, 3.05) is 5.75 Å². The van der Waals surface area contributed by atoms with Gasteiger partial charge in [-0.05, 0) is 49.7 Å². The van der Waals surface area contributed by atoms with Gasteiger partial charge in [0.05, 0.1) is 16.0 Å². The number of thioether (sulfide) groups is 1. The molecule has 4 atom stereocenters. The van der Waals surface area contributed by atoms with Crippen LogP contribution in [-0.4, -0.2) is 34.6 Å². The van der Waals surface area contributed by atoms with Gasteiger partial charge < -0.3 is 10.6 Å². The van der Waals surface area contributed by atoms with E-state index in [0.29, 0.717) is 24.0 Å². The molecule has 4 unspecified atom stereocenters. The number of piperidine rings is 1. The first-order valence-electron chi connectivity index (χ1n) is 10.2. The van der Waals surface area contributed by atoms with E-state index in [4.69, 9.17) is 0 Å². The SMILES string of the molecule is CCCC1CC(=O)NC2CC(NC(=O)CSc3nc4ccccc4s3)CCC12. The molecule has 2 N–H and O–H groups in total. The smallest absolute Gasteiger partial charge is 0.230 e. The zero-order chi connectivity index (χ0) is 19.5. The summed E-state index contributed by atoms with van der Waals surface area (Å²) in [5, 5.41) is 6.36. The van der Waals surface area contributed by atoms with Crippen LogP contribution >= 0.6 is 23.1 Å². The van der Waals surface area contributed by atoms with Crippen LogP contribution in [0.1, 0.15) is 45.4 Å². The topological polar surface area (TPSA) is 71.1 Å². The minimum Gasteiger partial charge on any atom is -0.353 e. The fourth-order valence-electron chi connectivity index (χ4n) is 4.71. The Kier molecular flexibility index (Phi) is 6.21. The summed E-state index contributed by atoms with van der Waals surface area (Å²) in [7, 11) is 0. The molecule has 1 aliphatic carbocycles. The van der Waals surface area contributed by atoms with Crippen LogP contribution in [0.3, 0.4) is 0 Å². The number of nitrogens with zero attached hydrogens (tertiary/aromatic N) is 1. The van der Waals surface area contributed by atoms with Gasteiger partial charge in [-0.3, -0.25) is 9.59 Å². The number of hydrogen-bond donors (Lipinski definition) is 2. The van der Waals surface area contributed by atoms with Crippen molar-refractivity contribution in [2.24, 2.45) is 11.8 Å². The Balaban J connectivity index is 1.28. The van der Waals surface area contributed by atoms with Gasteiger partial charge in [0.25, 0.3) is 0 Å². The van der Waals surface area contributed by atoms with Crippen molar-refractivity contribution in [3.63, 3.8) is 0 Å². The molecular weight excluding hydrogens is 390 g/mol. The van der Waals surface area contributed by atoms with Gasteiger partial charge in [0, 0.05) is 18.5 Å². The highest BCUT2D eigenvalue weighted by atomic mass is 32.2. The first-order valence-corrected chi connectivity index (χ1v) is 12.0. The minimum absolute atomic E-state index is 0.0555. The third-order valence-corrected chi connectivity index (χ3v) is 8.11. The number of thiazole rings is 1. The maximum atomic E-state index is 12.4. The molecule has 4 rings (SSSR count). The lowest BCUT2D eigenvalue weighted by molar-refractivity contribution is -0.127. The van der Waals surface area contributed by atoms with Crippen molar-refractivity contribution in [1.29, 1.82) is 0 Å². The minimum atomic E-state index is 0.0555. The fraction of sp³-hybridized carbons (Fsp3) is 0.571. The van der Waals surface area contributed by atoms with Crippen LogP contribution in [0.25, 0.3) is 10.2 Å². The van der Waals surface area contributed by atoms with Crippen molar-refractivity contribution < 1.29 is 9.59 Å². The molecule has 1 aromatic carbocycles.